The lowest BCUT2D eigenvalue weighted by molar-refractivity contribution is -0.385. The topological polar surface area (TPSA) is 72.7 Å². The molecular formula is C16H18N2O4. The molecule has 0 aromatic heterocycles. The van der Waals surface area contributed by atoms with Gasteiger partial charge in [-0.25, -0.2) is 4.79 Å². The Morgan fingerprint density at radius 1 is 1.32 bits per heavy atom. The Morgan fingerprint density at radius 3 is 2.55 bits per heavy atom. The third-order valence-corrected chi connectivity index (χ3v) is 4.01. The highest BCUT2D eigenvalue weighted by molar-refractivity contribution is 5.92. The molecule has 6 nitrogen and oxygen atoms in total. The molecule has 116 valence electrons. The average molecular weight is 302 g/mol. The summed E-state index contributed by atoms with van der Waals surface area (Å²) in [5.41, 5.74) is 2.56. The first-order valence-electron chi connectivity index (χ1n) is 6.83. The van der Waals surface area contributed by atoms with Gasteiger partial charge in [-0.2, -0.15) is 0 Å². The molecule has 1 heterocycles. The maximum absolute atomic E-state index is 12.2. The number of carbonyl (C=O) groups is 1. The van der Waals surface area contributed by atoms with E-state index in [4.69, 9.17) is 4.74 Å². The Bertz CT molecular complexity index is 691. The zero-order valence-corrected chi connectivity index (χ0v) is 13.0. The summed E-state index contributed by atoms with van der Waals surface area (Å²) in [6.45, 7) is 3.71. The van der Waals surface area contributed by atoms with Gasteiger partial charge in [-0.1, -0.05) is 24.3 Å². The Kier molecular flexibility index (Phi) is 4.30. The lowest BCUT2D eigenvalue weighted by Crippen LogP contribution is -2.27. The Labute approximate surface area is 128 Å². The first kappa shape index (κ1) is 15.8. The molecule has 0 spiro atoms. The molecule has 0 saturated carbocycles. The molecule has 0 radical (unpaired) electrons. The van der Waals surface area contributed by atoms with Crippen LogP contribution in [0.2, 0.25) is 0 Å². The fourth-order valence-electron chi connectivity index (χ4n) is 2.65. The number of rotatable bonds is 3. The van der Waals surface area contributed by atoms with Crippen molar-refractivity contribution >= 4 is 11.7 Å². The molecule has 0 N–H and O–H groups in total. The maximum Gasteiger partial charge on any atom is 0.336 e. The molecule has 1 aromatic carbocycles. The highest BCUT2D eigenvalue weighted by atomic mass is 16.6. The first-order valence-corrected chi connectivity index (χ1v) is 6.83. The number of benzene rings is 1. The number of methoxy groups -OCH3 is 1. The van der Waals surface area contributed by atoms with E-state index in [0.717, 1.165) is 11.4 Å². The second kappa shape index (κ2) is 6.01. The van der Waals surface area contributed by atoms with Crippen LogP contribution in [0.1, 0.15) is 25.3 Å². The Morgan fingerprint density at radius 2 is 1.95 bits per heavy atom. The molecule has 0 saturated heterocycles. The standard InChI is InChI=1S/C16H18N2O4/c1-10-9-13(12-7-5-6-8-14(12)18(20)21)15(16(19)22-4)11(2)17(10)3/h5-9,13H,1-4H3. The van der Waals surface area contributed by atoms with Crippen LogP contribution in [0.3, 0.4) is 0 Å². The van der Waals surface area contributed by atoms with Crippen LogP contribution in [-0.4, -0.2) is 29.9 Å². The van der Waals surface area contributed by atoms with E-state index in [1.165, 1.54) is 13.2 Å². The van der Waals surface area contributed by atoms with Gasteiger partial charge in [-0.3, -0.25) is 10.1 Å². The van der Waals surface area contributed by atoms with Crippen molar-refractivity contribution in [1.29, 1.82) is 0 Å². The number of hydrogen-bond donors (Lipinski definition) is 0. The van der Waals surface area contributed by atoms with Crippen LogP contribution in [-0.2, 0) is 9.53 Å². The number of para-hydroxylation sites is 1. The van der Waals surface area contributed by atoms with Crippen LogP contribution in [0.4, 0.5) is 5.69 Å². The SMILES string of the molecule is COC(=O)C1=C(C)N(C)C(C)=CC1c1ccccc1[N+](=O)[O-]. The van der Waals surface area contributed by atoms with Gasteiger partial charge in [0.15, 0.2) is 0 Å². The first-order chi connectivity index (χ1) is 10.4. The number of allylic oxidation sites excluding steroid dienone is 3. The average Bonchev–Trinajstić information content (AvgIpc) is 2.51. The van der Waals surface area contributed by atoms with Crippen molar-refractivity contribution in [2.24, 2.45) is 0 Å². The highest BCUT2D eigenvalue weighted by Crippen LogP contribution is 2.39. The zero-order chi connectivity index (χ0) is 16.4. The lowest BCUT2D eigenvalue weighted by atomic mass is 9.85. The zero-order valence-electron chi connectivity index (χ0n) is 13.0. The molecule has 1 aromatic rings. The number of nitro groups is 1. The number of ether oxygens (including phenoxy) is 1. The summed E-state index contributed by atoms with van der Waals surface area (Å²) in [5, 5.41) is 11.3. The van der Waals surface area contributed by atoms with Gasteiger partial charge in [0.2, 0.25) is 0 Å². The van der Waals surface area contributed by atoms with Crippen LogP contribution in [0, 0.1) is 10.1 Å². The van der Waals surface area contributed by atoms with Gasteiger partial charge in [0.1, 0.15) is 0 Å². The number of carbonyl (C=O) groups excluding carboxylic acids is 1. The number of nitrogens with zero attached hydrogens (tertiary/aromatic N) is 2. The molecule has 0 amide bonds. The summed E-state index contributed by atoms with van der Waals surface area (Å²) in [4.78, 5) is 24.9. The molecular weight excluding hydrogens is 284 g/mol. The van der Waals surface area contributed by atoms with E-state index in [1.54, 1.807) is 18.2 Å². The van der Waals surface area contributed by atoms with Crippen molar-refractivity contribution in [2.45, 2.75) is 19.8 Å². The fourth-order valence-corrected chi connectivity index (χ4v) is 2.65. The molecule has 0 fully saturated rings. The van der Waals surface area contributed by atoms with Crippen molar-refractivity contribution in [3.8, 4) is 0 Å². The summed E-state index contributed by atoms with van der Waals surface area (Å²) >= 11 is 0. The van der Waals surface area contributed by atoms with Crippen molar-refractivity contribution in [3.63, 3.8) is 0 Å². The van der Waals surface area contributed by atoms with E-state index in [2.05, 4.69) is 0 Å². The predicted octanol–water partition coefficient (Wildman–Crippen LogP) is 2.97. The van der Waals surface area contributed by atoms with Gasteiger partial charge in [-0.15, -0.1) is 0 Å². The molecule has 1 atom stereocenters. The van der Waals surface area contributed by atoms with E-state index in [0.29, 0.717) is 11.1 Å². The quantitative estimate of drug-likeness (QED) is 0.487. The van der Waals surface area contributed by atoms with E-state index in [1.807, 2.05) is 31.9 Å². The van der Waals surface area contributed by atoms with E-state index >= 15 is 0 Å². The van der Waals surface area contributed by atoms with Crippen LogP contribution in [0.15, 0.2) is 47.3 Å². The van der Waals surface area contributed by atoms with E-state index < -0.39 is 16.8 Å². The summed E-state index contributed by atoms with van der Waals surface area (Å²) in [5.74, 6) is -0.971. The summed E-state index contributed by atoms with van der Waals surface area (Å²) in [6.07, 6.45) is 1.85. The molecule has 6 heteroatoms. The predicted molar refractivity (Wildman–Crippen MR) is 82.1 cm³/mol. The lowest BCUT2D eigenvalue weighted by Gasteiger charge is -2.31. The highest BCUT2D eigenvalue weighted by Gasteiger charge is 2.33. The van der Waals surface area contributed by atoms with Gasteiger partial charge in [-0.05, 0) is 13.8 Å². The van der Waals surface area contributed by atoms with Gasteiger partial charge in [0.05, 0.1) is 17.6 Å². The summed E-state index contributed by atoms with van der Waals surface area (Å²) in [7, 11) is 3.16. The fraction of sp³-hybridized carbons (Fsp3) is 0.312. The van der Waals surface area contributed by atoms with Gasteiger partial charge in [0, 0.05) is 36.0 Å². The van der Waals surface area contributed by atoms with Crippen LogP contribution >= 0.6 is 0 Å². The van der Waals surface area contributed by atoms with Gasteiger partial charge < -0.3 is 9.64 Å². The van der Waals surface area contributed by atoms with Crippen molar-refractivity contribution in [1.82, 2.24) is 4.90 Å². The molecule has 1 aliphatic heterocycles. The summed E-state index contributed by atoms with van der Waals surface area (Å²) in [6, 6.07) is 6.46. The molecule has 2 rings (SSSR count). The maximum atomic E-state index is 12.2. The smallest absolute Gasteiger partial charge is 0.336 e. The monoisotopic (exact) mass is 302 g/mol. The van der Waals surface area contributed by atoms with Gasteiger partial charge in [0.25, 0.3) is 5.69 Å². The Hall–Kier alpha value is -2.63. The normalized spacial score (nSPS) is 18.1. The molecule has 0 bridgehead atoms. The Balaban J connectivity index is 2.66. The van der Waals surface area contributed by atoms with Crippen LogP contribution in [0.5, 0.6) is 0 Å². The molecule has 1 aliphatic rings. The summed E-state index contributed by atoms with van der Waals surface area (Å²) < 4.78 is 4.87. The minimum absolute atomic E-state index is 0.00435. The van der Waals surface area contributed by atoms with Crippen LogP contribution in [0.25, 0.3) is 0 Å². The minimum atomic E-state index is -0.495. The third-order valence-electron chi connectivity index (χ3n) is 4.01. The second-order valence-electron chi connectivity index (χ2n) is 5.15. The molecule has 1 unspecified atom stereocenters. The van der Waals surface area contributed by atoms with Crippen molar-refractivity contribution in [3.05, 3.63) is 63.0 Å². The van der Waals surface area contributed by atoms with Crippen LogP contribution < -0.4 is 0 Å². The number of esters is 1. The largest absolute Gasteiger partial charge is 0.466 e. The minimum Gasteiger partial charge on any atom is -0.466 e. The van der Waals surface area contributed by atoms with Crippen molar-refractivity contribution < 1.29 is 14.5 Å². The van der Waals surface area contributed by atoms with E-state index in [9.17, 15) is 14.9 Å². The number of hydrogen-bond acceptors (Lipinski definition) is 5. The third kappa shape index (κ3) is 2.59. The number of nitro benzene ring substituents is 1. The molecule has 0 aliphatic carbocycles. The van der Waals surface area contributed by atoms with Gasteiger partial charge >= 0.3 is 5.97 Å². The van der Waals surface area contributed by atoms with Crippen molar-refractivity contribution in [2.75, 3.05) is 14.2 Å². The molecule has 22 heavy (non-hydrogen) atoms. The second-order valence-corrected chi connectivity index (χ2v) is 5.15. The van der Waals surface area contributed by atoms with E-state index in [-0.39, 0.29) is 5.69 Å².